The Hall–Kier alpha value is -2.47. The molecule has 0 spiro atoms. The third-order valence-corrected chi connectivity index (χ3v) is 8.82. The highest BCUT2D eigenvalue weighted by molar-refractivity contribution is 7.86. The SMILES string of the molecule is COc1ccc2c(C)c(CCC(=O)N3CCN(S(=O)(=O)N4CCN(C)CC4)CC3)c(=O)oc2c1. The Balaban J connectivity index is 1.36. The first kappa shape index (κ1) is 24.6. The van der Waals surface area contributed by atoms with E-state index in [1.165, 1.54) is 8.61 Å². The van der Waals surface area contributed by atoms with Crippen LogP contribution in [0.1, 0.15) is 17.5 Å². The molecule has 0 saturated carbocycles. The third-order valence-electron chi connectivity index (χ3n) is 6.79. The molecular weight excluding hydrogens is 460 g/mol. The molecule has 4 rings (SSSR count). The van der Waals surface area contributed by atoms with Crippen LogP contribution in [0, 0.1) is 6.92 Å². The highest BCUT2D eigenvalue weighted by atomic mass is 32.2. The maximum atomic E-state index is 12.9. The van der Waals surface area contributed by atoms with Crippen molar-refractivity contribution in [2.45, 2.75) is 19.8 Å². The van der Waals surface area contributed by atoms with Crippen LogP contribution < -0.4 is 10.4 Å². The number of rotatable bonds is 6. The molecule has 186 valence electrons. The van der Waals surface area contributed by atoms with Gasteiger partial charge in [-0.05, 0) is 38.1 Å². The van der Waals surface area contributed by atoms with Crippen LogP contribution in [0.3, 0.4) is 0 Å². The van der Waals surface area contributed by atoms with Gasteiger partial charge in [0.15, 0.2) is 0 Å². The van der Waals surface area contributed by atoms with Crippen molar-refractivity contribution in [2.75, 3.05) is 66.5 Å². The Bertz CT molecular complexity index is 1210. The summed E-state index contributed by atoms with van der Waals surface area (Å²) in [5, 5.41) is 0.811. The first-order valence-corrected chi connectivity index (χ1v) is 12.9. The molecule has 2 aliphatic rings. The summed E-state index contributed by atoms with van der Waals surface area (Å²) in [6, 6.07) is 5.33. The summed E-state index contributed by atoms with van der Waals surface area (Å²) in [6.45, 7) is 5.50. The number of nitrogens with zero attached hydrogens (tertiary/aromatic N) is 4. The number of benzene rings is 1. The molecule has 0 radical (unpaired) electrons. The molecule has 2 fully saturated rings. The highest BCUT2D eigenvalue weighted by Crippen LogP contribution is 2.24. The number of aryl methyl sites for hydroxylation is 1. The van der Waals surface area contributed by atoms with Gasteiger partial charge in [-0.2, -0.15) is 17.0 Å². The Morgan fingerprint density at radius 1 is 1.03 bits per heavy atom. The number of piperazine rings is 2. The van der Waals surface area contributed by atoms with Gasteiger partial charge in [0, 0.05) is 75.8 Å². The predicted octanol–water partition coefficient (Wildman–Crippen LogP) is 0.679. The minimum Gasteiger partial charge on any atom is -0.497 e. The van der Waals surface area contributed by atoms with E-state index in [0.29, 0.717) is 56.2 Å². The number of carbonyl (C=O) groups excluding carboxylic acids is 1. The second-order valence-electron chi connectivity index (χ2n) is 8.85. The van der Waals surface area contributed by atoms with Crippen LogP contribution in [0.15, 0.2) is 27.4 Å². The van der Waals surface area contributed by atoms with E-state index in [4.69, 9.17) is 9.15 Å². The van der Waals surface area contributed by atoms with Gasteiger partial charge in [0.25, 0.3) is 10.2 Å². The molecule has 0 atom stereocenters. The zero-order valence-electron chi connectivity index (χ0n) is 19.9. The van der Waals surface area contributed by atoms with Crippen LogP contribution >= 0.6 is 0 Å². The predicted molar refractivity (Wildman–Crippen MR) is 128 cm³/mol. The highest BCUT2D eigenvalue weighted by Gasteiger charge is 2.34. The Kier molecular flexibility index (Phi) is 7.27. The molecule has 0 bridgehead atoms. The maximum absolute atomic E-state index is 12.9. The Morgan fingerprint density at radius 2 is 1.65 bits per heavy atom. The normalized spacial score (nSPS) is 19.0. The van der Waals surface area contributed by atoms with E-state index in [-0.39, 0.29) is 31.8 Å². The van der Waals surface area contributed by atoms with Gasteiger partial charge in [0.05, 0.1) is 7.11 Å². The number of amides is 1. The van der Waals surface area contributed by atoms with E-state index < -0.39 is 15.8 Å². The fraction of sp³-hybridized carbons (Fsp3) is 0.565. The van der Waals surface area contributed by atoms with Crippen LogP contribution in [0.4, 0.5) is 0 Å². The summed E-state index contributed by atoms with van der Waals surface area (Å²) in [5.74, 6) is 0.511. The lowest BCUT2D eigenvalue weighted by Gasteiger charge is -2.39. The lowest BCUT2D eigenvalue weighted by molar-refractivity contribution is -0.132. The Labute approximate surface area is 199 Å². The standard InChI is InChI=1S/C23H32N4O6S/c1-17-19-5-4-18(32-3)16-21(19)33-23(29)20(17)6-7-22(28)25-10-14-27(15-11-25)34(30,31)26-12-8-24(2)9-13-26/h4-5,16H,6-15H2,1-3H3. The fourth-order valence-electron chi connectivity index (χ4n) is 4.53. The first-order chi connectivity index (χ1) is 16.2. The van der Waals surface area contributed by atoms with Crippen molar-refractivity contribution in [1.29, 1.82) is 0 Å². The zero-order chi connectivity index (χ0) is 24.5. The molecule has 0 N–H and O–H groups in total. The van der Waals surface area contributed by atoms with E-state index >= 15 is 0 Å². The Morgan fingerprint density at radius 3 is 2.26 bits per heavy atom. The summed E-state index contributed by atoms with van der Waals surface area (Å²) in [7, 11) is 0.0197. The van der Waals surface area contributed by atoms with Gasteiger partial charge in [-0.25, -0.2) is 4.79 Å². The van der Waals surface area contributed by atoms with Crippen LogP contribution in [-0.2, 0) is 21.4 Å². The molecule has 11 heteroatoms. The lowest BCUT2D eigenvalue weighted by atomic mass is 10.0. The average molecular weight is 493 g/mol. The van der Waals surface area contributed by atoms with Gasteiger partial charge in [-0.15, -0.1) is 0 Å². The summed E-state index contributed by atoms with van der Waals surface area (Å²) in [6.07, 6.45) is 0.438. The van der Waals surface area contributed by atoms with Gasteiger partial charge in [-0.3, -0.25) is 4.79 Å². The molecule has 10 nitrogen and oxygen atoms in total. The van der Waals surface area contributed by atoms with Crippen LogP contribution in [0.25, 0.3) is 11.0 Å². The quantitative estimate of drug-likeness (QED) is 0.546. The van der Waals surface area contributed by atoms with E-state index in [1.54, 1.807) is 24.1 Å². The van der Waals surface area contributed by atoms with Crippen molar-refractivity contribution in [3.63, 3.8) is 0 Å². The minimum atomic E-state index is -3.51. The van der Waals surface area contributed by atoms with E-state index in [0.717, 1.165) is 10.9 Å². The third kappa shape index (κ3) is 4.97. The largest absolute Gasteiger partial charge is 0.497 e. The molecule has 2 aliphatic heterocycles. The lowest BCUT2D eigenvalue weighted by Crippen LogP contribution is -2.57. The number of hydrogen-bond acceptors (Lipinski definition) is 7. The van der Waals surface area contributed by atoms with E-state index in [9.17, 15) is 18.0 Å². The van der Waals surface area contributed by atoms with Gasteiger partial charge in [0.1, 0.15) is 11.3 Å². The molecule has 3 heterocycles. The monoisotopic (exact) mass is 492 g/mol. The number of fused-ring (bicyclic) bond motifs is 1. The van der Waals surface area contributed by atoms with E-state index in [2.05, 4.69) is 4.90 Å². The van der Waals surface area contributed by atoms with Crippen molar-refractivity contribution < 1.29 is 22.4 Å². The van der Waals surface area contributed by atoms with Crippen LogP contribution in [0.5, 0.6) is 5.75 Å². The smallest absolute Gasteiger partial charge is 0.339 e. The first-order valence-electron chi connectivity index (χ1n) is 11.5. The molecule has 1 aromatic heterocycles. The van der Waals surface area contributed by atoms with Gasteiger partial charge in [-0.1, -0.05) is 0 Å². The zero-order valence-corrected chi connectivity index (χ0v) is 20.8. The average Bonchev–Trinajstić information content (AvgIpc) is 2.83. The molecular formula is C23H32N4O6S. The van der Waals surface area contributed by atoms with Crippen molar-refractivity contribution in [2.24, 2.45) is 0 Å². The molecule has 1 aromatic carbocycles. The van der Waals surface area contributed by atoms with Gasteiger partial charge in [0.2, 0.25) is 5.91 Å². The molecule has 2 aromatic rings. The minimum absolute atomic E-state index is 0.0923. The van der Waals surface area contributed by atoms with Crippen molar-refractivity contribution in [3.8, 4) is 5.75 Å². The second-order valence-corrected chi connectivity index (χ2v) is 10.8. The summed E-state index contributed by atoms with van der Waals surface area (Å²) < 4.78 is 39.5. The van der Waals surface area contributed by atoms with E-state index in [1.807, 2.05) is 20.0 Å². The van der Waals surface area contributed by atoms with Crippen molar-refractivity contribution >= 4 is 27.1 Å². The number of carbonyl (C=O) groups is 1. The summed E-state index contributed by atoms with van der Waals surface area (Å²) >= 11 is 0. The molecule has 0 unspecified atom stereocenters. The topological polar surface area (TPSA) is 104 Å². The molecule has 2 saturated heterocycles. The molecule has 0 aliphatic carbocycles. The van der Waals surface area contributed by atoms with Gasteiger partial charge >= 0.3 is 5.63 Å². The molecule has 1 amide bonds. The number of methoxy groups -OCH3 is 1. The van der Waals surface area contributed by atoms with Gasteiger partial charge < -0.3 is 19.0 Å². The van der Waals surface area contributed by atoms with Crippen molar-refractivity contribution in [3.05, 3.63) is 39.7 Å². The number of hydrogen-bond donors (Lipinski definition) is 0. The fourth-order valence-corrected chi connectivity index (χ4v) is 6.11. The second kappa shape index (κ2) is 10.0. The van der Waals surface area contributed by atoms with Crippen LogP contribution in [0.2, 0.25) is 0 Å². The van der Waals surface area contributed by atoms with Crippen LogP contribution in [-0.4, -0.2) is 99.3 Å². The summed E-state index contributed by atoms with van der Waals surface area (Å²) in [5.41, 5.74) is 1.29. The summed E-state index contributed by atoms with van der Waals surface area (Å²) in [4.78, 5) is 29.2. The number of likely N-dealkylation sites (N-methyl/N-ethyl adjacent to an activating group) is 1. The number of ether oxygens (including phenoxy) is 1. The maximum Gasteiger partial charge on any atom is 0.339 e. The van der Waals surface area contributed by atoms with Crippen molar-refractivity contribution in [1.82, 2.24) is 18.4 Å². The molecule has 34 heavy (non-hydrogen) atoms.